The fourth-order valence-corrected chi connectivity index (χ4v) is 5.12. The van der Waals surface area contributed by atoms with Crippen molar-refractivity contribution >= 4 is 17.6 Å². The molecule has 1 aromatic carbocycles. The van der Waals surface area contributed by atoms with Crippen molar-refractivity contribution in [1.82, 2.24) is 15.5 Å². The van der Waals surface area contributed by atoms with Crippen molar-refractivity contribution in [3.8, 4) is 6.07 Å². The molecule has 1 unspecified atom stereocenters. The number of hydrogen-bond acceptors (Lipinski definition) is 4. The lowest BCUT2D eigenvalue weighted by Crippen LogP contribution is -2.52. The molecule has 3 fully saturated rings. The van der Waals surface area contributed by atoms with Crippen molar-refractivity contribution in [3.63, 3.8) is 0 Å². The first kappa shape index (κ1) is 24.2. The zero-order chi connectivity index (χ0) is 24.7. The zero-order valence-corrected chi connectivity index (χ0v) is 19.4. The van der Waals surface area contributed by atoms with E-state index < -0.39 is 22.7 Å². The first-order valence-electron chi connectivity index (χ1n) is 11.7. The Morgan fingerprint density at radius 3 is 2.44 bits per heavy atom. The Hall–Kier alpha value is -2.96. The Morgan fingerprint density at radius 1 is 1.21 bits per heavy atom. The minimum absolute atomic E-state index is 0.0154. The number of nitrogens with one attached hydrogen (secondary N) is 2. The van der Waals surface area contributed by atoms with E-state index in [1.54, 1.807) is 11.0 Å². The van der Waals surface area contributed by atoms with Gasteiger partial charge in [0.05, 0.1) is 23.1 Å². The third kappa shape index (κ3) is 4.93. The third-order valence-corrected chi connectivity index (χ3v) is 7.14. The van der Waals surface area contributed by atoms with E-state index in [9.17, 15) is 22.8 Å². The van der Waals surface area contributed by atoms with Gasteiger partial charge in [-0.15, -0.1) is 0 Å². The van der Waals surface area contributed by atoms with Gasteiger partial charge in [0.25, 0.3) is 0 Å². The number of anilines is 1. The van der Waals surface area contributed by atoms with Crippen molar-refractivity contribution in [3.05, 3.63) is 29.3 Å². The lowest BCUT2D eigenvalue weighted by molar-refractivity contribution is -0.137. The highest BCUT2D eigenvalue weighted by Gasteiger charge is 2.52. The molecule has 2 aliphatic heterocycles. The molecule has 0 radical (unpaired) electrons. The molecular formula is C24H30F3N5O2. The zero-order valence-electron chi connectivity index (χ0n) is 19.4. The smallest absolute Gasteiger partial charge is 0.370 e. The Kier molecular flexibility index (Phi) is 6.40. The SMILES string of the molecule is CC(C)NC(=O)N1CCC2(CC1)CN(c1ccc(C#N)c(C(F)(F)F)c1)CC2C(=O)NC1CC1. The number of carbonyl (C=O) groups is 2. The Balaban J connectivity index is 1.58. The van der Waals surface area contributed by atoms with Crippen LogP contribution in [0.5, 0.6) is 0 Å². The highest BCUT2D eigenvalue weighted by atomic mass is 19.4. The molecule has 10 heteroatoms. The van der Waals surface area contributed by atoms with Crippen LogP contribution in [0.2, 0.25) is 0 Å². The summed E-state index contributed by atoms with van der Waals surface area (Å²) in [4.78, 5) is 29.2. The molecule has 2 saturated heterocycles. The number of nitrogens with zero attached hydrogens (tertiary/aromatic N) is 3. The summed E-state index contributed by atoms with van der Waals surface area (Å²) in [6.07, 6.45) is -1.55. The highest BCUT2D eigenvalue weighted by molar-refractivity contribution is 5.82. The van der Waals surface area contributed by atoms with Crippen LogP contribution in [0, 0.1) is 22.7 Å². The average Bonchev–Trinajstić information content (AvgIpc) is 3.51. The number of amides is 3. The van der Waals surface area contributed by atoms with E-state index in [2.05, 4.69) is 10.6 Å². The lowest BCUT2D eigenvalue weighted by Gasteiger charge is -2.42. The molecule has 184 valence electrons. The summed E-state index contributed by atoms with van der Waals surface area (Å²) >= 11 is 0. The van der Waals surface area contributed by atoms with E-state index in [-0.39, 0.29) is 29.9 Å². The van der Waals surface area contributed by atoms with Gasteiger partial charge in [-0.3, -0.25) is 4.79 Å². The molecule has 0 bridgehead atoms. The van der Waals surface area contributed by atoms with E-state index in [1.165, 1.54) is 12.1 Å². The van der Waals surface area contributed by atoms with Crippen LogP contribution >= 0.6 is 0 Å². The fraction of sp³-hybridized carbons (Fsp3) is 0.625. The molecule has 1 aliphatic carbocycles. The van der Waals surface area contributed by atoms with Crippen LogP contribution in [-0.2, 0) is 11.0 Å². The van der Waals surface area contributed by atoms with Crippen LogP contribution in [0.1, 0.15) is 50.7 Å². The van der Waals surface area contributed by atoms with E-state index in [4.69, 9.17) is 5.26 Å². The van der Waals surface area contributed by atoms with Gasteiger partial charge in [-0.1, -0.05) is 0 Å². The van der Waals surface area contributed by atoms with Gasteiger partial charge >= 0.3 is 12.2 Å². The summed E-state index contributed by atoms with van der Waals surface area (Å²) in [6.45, 7) is 5.49. The maximum absolute atomic E-state index is 13.5. The number of nitriles is 1. The van der Waals surface area contributed by atoms with Crippen LogP contribution in [0.3, 0.4) is 0 Å². The Bertz CT molecular complexity index is 991. The molecule has 7 nitrogen and oxygen atoms in total. The predicted octanol–water partition coefficient (Wildman–Crippen LogP) is 3.49. The summed E-state index contributed by atoms with van der Waals surface area (Å²) in [5, 5.41) is 15.1. The van der Waals surface area contributed by atoms with E-state index in [0.717, 1.165) is 18.9 Å². The van der Waals surface area contributed by atoms with E-state index in [0.29, 0.717) is 44.7 Å². The molecular weight excluding hydrogens is 447 g/mol. The summed E-state index contributed by atoms with van der Waals surface area (Å²) in [5.41, 5.74) is -1.46. The van der Waals surface area contributed by atoms with Gasteiger partial charge in [0.15, 0.2) is 0 Å². The molecule has 2 N–H and O–H groups in total. The monoisotopic (exact) mass is 477 g/mol. The average molecular weight is 478 g/mol. The van der Waals surface area contributed by atoms with Crippen molar-refractivity contribution in [2.75, 3.05) is 31.1 Å². The summed E-state index contributed by atoms with van der Waals surface area (Å²) < 4.78 is 40.6. The maximum Gasteiger partial charge on any atom is 0.417 e. The molecule has 1 saturated carbocycles. The van der Waals surface area contributed by atoms with Crippen LogP contribution in [0.4, 0.5) is 23.7 Å². The van der Waals surface area contributed by atoms with Gasteiger partial charge in [-0.25, -0.2) is 4.79 Å². The first-order valence-corrected chi connectivity index (χ1v) is 11.7. The molecule has 1 atom stereocenters. The number of rotatable bonds is 4. The number of urea groups is 1. The van der Waals surface area contributed by atoms with Crippen LogP contribution in [-0.4, -0.2) is 55.1 Å². The Morgan fingerprint density at radius 2 is 1.88 bits per heavy atom. The minimum Gasteiger partial charge on any atom is -0.370 e. The van der Waals surface area contributed by atoms with Gasteiger partial charge in [0, 0.05) is 49.4 Å². The number of halogens is 3. The largest absolute Gasteiger partial charge is 0.417 e. The van der Waals surface area contributed by atoms with Crippen molar-refractivity contribution < 1.29 is 22.8 Å². The molecule has 4 rings (SSSR count). The van der Waals surface area contributed by atoms with Gasteiger partial charge in [0.2, 0.25) is 5.91 Å². The lowest BCUT2D eigenvalue weighted by atomic mass is 9.70. The second-order valence-electron chi connectivity index (χ2n) is 10.0. The molecule has 0 aromatic heterocycles. The molecule has 1 spiro atoms. The van der Waals surface area contributed by atoms with Gasteiger partial charge in [0.1, 0.15) is 0 Å². The number of carbonyl (C=O) groups excluding carboxylic acids is 2. The molecule has 3 aliphatic rings. The molecule has 34 heavy (non-hydrogen) atoms. The predicted molar refractivity (Wildman–Crippen MR) is 120 cm³/mol. The van der Waals surface area contributed by atoms with Gasteiger partial charge in [-0.2, -0.15) is 18.4 Å². The van der Waals surface area contributed by atoms with Gasteiger partial charge in [-0.05, 0) is 57.7 Å². The quantitative estimate of drug-likeness (QED) is 0.695. The number of benzene rings is 1. The summed E-state index contributed by atoms with van der Waals surface area (Å²) in [6, 6.07) is 5.40. The standard InChI is InChI=1S/C24H30F3N5O2/c1-15(2)29-22(34)31-9-7-23(8-10-31)14-32(13-20(23)21(33)30-17-4-5-17)18-6-3-16(12-28)19(11-18)24(25,26)27/h3,6,11,15,17,20H,4-5,7-10,13-14H2,1-2H3,(H,29,34)(H,30,33). The van der Waals surface area contributed by atoms with Gasteiger partial charge < -0.3 is 20.4 Å². The fourth-order valence-electron chi connectivity index (χ4n) is 5.12. The van der Waals surface area contributed by atoms with E-state index >= 15 is 0 Å². The summed E-state index contributed by atoms with van der Waals surface area (Å²) in [5.74, 6) is -0.442. The molecule has 2 heterocycles. The number of hydrogen-bond donors (Lipinski definition) is 2. The second kappa shape index (κ2) is 9.01. The third-order valence-electron chi connectivity index (χ3n) is 7.14. The number of piperidine rings is 1. The first-order chi connectivity index (χ1) is 16.0. The Labute approximate surface area is 197 Å². The minimum atomic E-state index is -4.64. The van der Waals surface area contributed by atoms with Crippen molar-refractivity contribution in [1.29, 1.82) is 5.26 Å². The number of alkyl halides is 3. The molecule has 3 amide bonds. The highest BCUT2D eigenvalue weighted by Crippen LogP contribution is 2.47. The topological polar surface area (TPSA) is 88.5 Å². The van der Waals surface area contributed by atoms with Crippen LogP contribution in [0.25, 0.3) is 0 Å². The number of likely N-dealkylation sites (tertiary alicyclic amines) is 1. The van der Waals surface area contributed by atoms with Crippen LogP contribution in [0.15, 0.2) is 18.2 Å². The van der Waals surface area contributed by atoms with Crippen molar-refractivity contribution in [2.45, 2.75) is 57.8 Å². The normalized spacial score (nSPS) is 22.1. The van der Waals surface area contributed by atoms with Crippen LogP contribution < -0.4 is 15.5 Å². The second-order valence-corrected chi connectivity index (χ2v) is 10.0. The van der Waals surface area contributed by atoms with E-state index in [1.807, 2.05) is 18.7 Å². The summed E-state index contributed by atoms with van der Waals surface area (Å²) in [7, 11) is 0. The van der Waals surface area contributed by atoms with Crippen molar-refractivity contribution in [2.24, 2.45) is 11.3 Å². The molecule has 1 aromatic rings. The maximum atomic E-state index is 13.5.